The van der Waals surface area contributed by atoms with E-state index in [0.717, 1.165) is 0 Å². The first-order valence-corrected chi connectivity index (χ1v) is 4.12. The molecule has 0 aliphatic carbocycles. The lowest BCUT2D eigenvalue weighted by molar-refractivity contribution is -0.135. The number of carbonyl (C=O) groups excluding carboxylic acids is 2. The van der Waals surface area contributed by atoms with Crippen LogP contribution in [0.3, 0.4) is 0 Å². The molecular formula is C8H13N3O2. The van der Waals surface area contributed by atoms with Gasteiger partial charge in [-0.15, -0.1) is 0 Å². The second-order valence-electron chi connectivity index (χ2n) is 2.85. The molecule has 0 spiro atoms. The third-order valence-corrected chi connectivity index (χ3v) is 1.68. The van der Waals surface area contributed by atoms with Crippen molar-refractivity contribution < 1.29 is 9.59 Å². The largest absolute Gasteiger partial charge is 0.327 e. The molecule has 1 aliphatic heterocycles. The maximum Gasteiger partial charge on any atom is 0.240 e. The van der Waals surface area contributed by atoms with Gasteiger partial charge >= 0.3 is 0 Å². The molecule has 5 nitrogen and oxygen atoms in total. The van der Waals surface area contributed by atoms with E-state index >= 15 is 0 Å². The van der Waals surface area contributed by atoms with Crippen LogP contribution in [0.1, 0.15) is 0 Å². The van der Waals surface area contributed by atoms with E-state index in [2.05, 4.69) is 5.32 Å². The minimum Gasteiger partial charge on any atom is -0.327 e. The van der Waals surface area contributed by atoms with Crippen molar-refractivity contribution >= 4 is 11.8 Å². The van der Waals surface area contributed by atoms with Gasteiger partial charge in [-0.25, -0.2) is 0 Å². The zero-order valence-corrected chi connectivity index (χ0v) is 7.32. The van der Waals surface area contributed by atoms with Crippen molar-refractivity contribution in [3.05, 3.63) is 12.2 Å². The molecule has 1 heterocycles. The molecule has 0 aromatic rings. The summed E-state index contributed by atoms with van der Waals surface area (Å²) >= 11 is 0. The van der Waals surface area contributed by atoms with Crippen molar-refractivity contribution in [2.75, 3.05) is 26.2 Å². The minimum absolute atomic E-state index is 0.239. The number of hydrogen-bond donors (Lipinski definition) is 2. The molecule has 2 amide bonds. The van der Waals surface area contributed by atoms with Gasteiger partial charge in [0.25, 0.3) is 0 Å². The fourth-order valence-electron chi connectivity index (χ4n) is 1.15. The quantitative estimate of drug-likeness (QED) is 0.411. The highest BCUT2D eigenvalue weighted by Crippen LogP contribution is 1.94. The summed E-state index contributed by atoms with van der Waals surface area (Å²) in [7, 11) is 0. The molecular weight excluding hydrogens is 170 g/mol. The van der Waals surface area contributed by atoms with Crippen LogP contribution in [0.4, 0.5) is 0 Å². The van der Waals surface area contributed by atoms with Crippen LogP contribution in [0.5, 0.6) is 0 Å². The molecule has 0 aromatic heterocycles. The SMILES string of the molecule is NCC=CCN1CC(=O)NC(=O)C1. The normalized spacial score (nSPS) is 19.5. The van der Waals surface area contributed by atoms with Gasteiger partial charge in [0, 0.05) is 13.1 Å². The average Bonchev–Trinajstić information content (AvgIpc) is 2.03. The Labute approximate surface area is 76.6 Å². The van der Waals surface area contributed by atoms with Gasteiger partial charge in [-0.3, -0.25) is 19.8 Å². The second-order valence-corrected chi connectivity index (χ2v) is 2.85. The molecule has 0 atom stereocenters. The van der Waals surface area contributed by atoms with E-state index in [4.69, 9.17) is 5.73 Å². The Kier molecular flexibility index (Phi) is 3.60. The van der Waals surface area contributed by atoms with Gasteiger partial charge in [-0.1, -0.05) is 12.2 Å². The number of hydrogen-bond acceptors (Lipinski definition) is 4. The van der Waals surface area contributed by atoms with Gasteiger partial charge in [0.15, 0.2) is 0 Å². The van der Waals surface area contributed by atoms with E-state index < -0.39 is 0 Å². The van der Waals surface area contributed by atoms with Crippen LogP contribution < -0.4 is 11.1 Å². The van der Waals surface area contributed by atoms with Gasteiger partial charge in [0.1, 0.15) is 0 Å². The molecule has 0 unspecified atom stereocenters. The molecule has 0 radical (unpaired) electrons. The van der Waals surface area contributed by atoms with Gasteiger partial charge < -0.3 is 5.73 Å². The first kappa shape index (κ1) is 9.88. The number of rotatable bonds is 3. The summed E-state index contributed by atoms with van der Waals surface area (Å²) in [4.78, 5) is 23.5. The van der Waals surface area contributed by atoms with E-state index in [1.54, 1.807) is 11.0 Å². The Morgan fingerprint density at radius 2 is 1.92 bits per heavy atom. The van der Waals surface area contributed by atoms with Gasteiger partial charge in [0.05, 0.1) is 13.1 Å². The molecule has 5 heteroatoms. The standard InChI is InChI=1S/C8H13N3O2/c9-3-1-2-4-11-5-7(12)10-8(13)6-11/h1-2H,3-6,9H2,(H,10,12,13). The minimum atomic E-state index is -0.239. The molecule has 1 aliphatic rings. The van der Waals surface area contributed by atoms with Crippen LogP contribution in [0, 0.1) is 0 Å². The molecule has 13 heavy (non-hydrogen) atoms. The van der Waals surface area contributed by atoms with Crippen LogP contribution in [-0.2, 0) is 9.59 Å². The van der Waals surface area contributed by atoms with Crippen LogP contribution in [-0.4, -0.2) is 42.9 Å². The number of nitrogens with one attached hydrogen (secondary N) is 1. The first-order valence-electron chi connectivity index (χ1n) is 4.12. The molecule has 0 bridgehead atoms. The fraction of sp³-hybridized carbons (Fsp3) is 0.500. The number of nitrogens with zero attached hydrogens (tertiary/aromatic N) is 1. The lowest BCUT2D eigenvalue weighted by Gasteiger charge is -2.23. The van der Waals surface area contributed by atoms with Crippen molar-refractivity contribution in [2.45, 2.75) is 0 Å². The number of carbonyl (C=O) groups is 2. The lowest BCUT2D eigenvalue weighted by atomic mass is 10.3. The summed E-state index contributed by atoms with van der Waals surface area (Å²) in [6.45, 7) is 1.63. The molecule has 0 saturated carbocycles. The number of nitrogens with two attached hydrogens (primary N) is 1. The monoisotopic (exact) mass is 183 g/mol. The summed E-state index contributed by atoms with van der Waals surface area (Å²) in [6, 6.07) is 0. The molecule has 1 rings (SSSR count). The number of piperazine rings is 1. The van der Waals surface area contributed by atoms with Crippen molar-refractivity contribution in [3.63, 3.8) is 0 Å². The van der Waals surface area contributed by atoms with Crippen molar-refractivity contribution in [2.24, 2.45) is 5.73 Å². The average molecular weight is 183 g/mol. The smallest absolute Gasteiger partial charge is 0.240 e. The van der Waals surface area contributed by atoms with E-state index in [0.29, 0.717) is 13.1 Å². The van der Waals surface area contributed by atoms with Crippen LogP contribution >= 0.6 is 0 Å². The fourth-order valence-corrected chi connectivity index (χ4v) is 1.15. The maximum absolute atomic E-state index is 10.9. The highest BCUT2D eigenvalue weighted by Gasteiger charge is 2.20. The van der Waals surface area contributed by atoms with Gasteiger partial charge in [0.2, 0.25) is 11.8 Å². The van der Waals surface area contributed by atoms with Crippen molar-refractivity contribution in [3.8, 4) is 0 Å². The zero-order valence-electron chi connectivity index (χ0n) is 7.32. The van der Waals surface area contributed by atoms with Crippen LogP contribution in [0.2, 0.25) is 0 Å². The zero-order chi connectivity index (χ0) is 9.68. The van der Waals surface area contributed by atoms with Crippen LogP contribution in [0.15, 0.2) is 12.2 Å². The van der Waals surface area contributed by atoms with E-state index in [1.165, 1.54) is 0 Å². The van der Waals surface area contributed by atoms with Crippen molar-refractivity contribution in [1.82, 2.24) is 10.2 Å². The second kappa shape index (κ2) is 4.74. The summed E-state index contributed by atoms with van der Waals surface area (Å²) in [6.07, 6.45) is 3.66. The molecule has 3 N–H and O–H groups in total. The topological polar surface area (TPSA) is 75.4 Å². The van der Waals surface area contributed by atoms with Crippen molar-refractivity contribution in [1.29, 1.82) is 0 Å². The van der Waals surface area contributed by atoms with E-state index in [1.807, 2.05) is 6.08 Å². The third-order valence-electron chi connectivity index (χ3n) is 1.68. The first-order chi connectivity index (χ1) is 6.22. The molecule has 1 fully saturated rings. The highest BCUT2D eigenvalue weighted by atomic mass is 16.2. The van der Waals surface area contributed by atoms with Gasteiger partial charge in [-0.05, 0) is 0 Å². The molecule has 0 aromatic carbocycles. The van der Waals surface area contributed by atoms with Gasteiger partial charge in [-0.2, -0.15) is 0 Å². The Morgan fingerprint density at radius 3 is 2.46 bits per heavy atom. The summed E-state index contributed by atoms with van der Waals surface area (Å²) in [5, 5.41) is 2.23. The van der Waals surface area contributed by atoms with E-state index in [-0.39, 0.29) is 24.9 Å². The summed E-state index contributed by atoms with van der Waals surface area (Å²) < 4.78 is 0. The summed E-state index contributed by atoms with van der Waals surface area (Å²) in [5.41, 5.74) is 5.25. The summed E-state index contributed by atoms with van der Waals surface area (Å²) in [5.74, 6) is -0.477. The Morgan fingerprint density at radius 1 is 1.31 bits per heavy atom. The maximum atomic E-state index is 10.9. The Bertz CT molecular complexity index is 222. The van der Waals surface area contributed by atoms with E-state index in [9.17, 15) is 9.59 Å². The highest BCUT2D eigenvalue weighted by molar-refractivity contribution is 5.99. The molecule has 72 valence electrons. The predicted octanol–water partition coefficient (Wildman–Crippen LogP) is -1.54. The number of imide groups is 1. The lowest BCUT2D eigenvalue weighted by Crippen LogP contribution is -2.51. The Balaban J connectivity index is 2.37. The predicted molar refractivity (Wildman–Crippen MR) is 47.8 cm³/mol. The Hall–Kier alpha value is -1.20. The third kappa shape index (κ3) is 3.35. The molecule has 1 saturated heterocycles. The van der Waals surface area contributed by atoms with Crippen LogP contribution in [0.25, 0.3) is 0 Å². The number of amides is 2.